The maximum Gasteiger partial charge on any atom is 0.339 e. The first-order valence-corrected chi connectivity index (χ1v) is 5.05. The number of amidine groups is 1. The smallest absolute Gasteiger partial charge is 0.339 e. The van der Waals surface area contributed by atoms with Crippen molar-refractivity contribution >= 4 is 23.2 Å². The minimum absolute atomic E-state index is 0.314. The fourth-order valence-corrected chi connectivity index (χ4v) is 1.27. The summed E-state index contributed by atoms with van der Waals surface area (Å²) >= 11 is 0. The molecule has 1 aromatic rings. The van der Waals surface area contributed by atoms with Crippen molar-refractivity contribution in [3.63, 3.8) is 0 Å². The van der Waals surface area contributed by atoms with Crippen molar-refractivity contribution < 1.29 is 19.2 Å². The summed E-state index contributed by atoms with van der Waals surface area (Å²) in [7, 11) is 0. The summed E-state index contributed by atoms with van der Waals surface area (Å²) in [5.74, 6) is -2.60. The zero-order valence-corrected chi connectivity index (χ0v) is 9.83. The van der Waals surface area contributed by atoms with Gasteiger partial charge in [0.1, 0.15) is 17.3 Å². The molecule has 0 bridgehead atoms. The van der Waals surface area contributed by atoms with Gasteiger partial charge in [-0.1, -0.05) is 6.08 Å². The van der Waals surface area contributed by atoms with Crippen LogP contribution in [0, 0.1) is 15.9 Å². The van der Waals surface area contributed by atoms with Crippen molar-refractivity contribution in [1.82, 2.24) is 0 Å². The van der Waals surface area contributed by atoms with E-state index >= 15 is 0 Å². The van der Waals surface area contributed by atoms with Crippen LogP contribution in [0.15, 0.2) is 34.8 Å². The Morgan fingerprint density at radius 1 is 1.58 bits per heavy atom. The van der Waals surface area contributed by atoms with E-state index in [0.717, 1.165) is 18.2 Å². The van der Waals surface area contributed by atoms with Gasteiger partial charge >= 0.3 is 5.97 Å². The molecule has 19 heavy (non-hydrogen) atoms. The average molecular weight is 267 g/mol. The predicted octanol–water partition coefficient (Wildman–Crippen LogP) is 1.75. The number of nitrogens with zero attached hydrogens (tertiary/aromatic N) is 2. The number of carbonyl (C=O) groups is 1. The van der Waals surface area contributed by atoms with Crippen LogP contribution in [-0.4, -0.2) is 21.8 Å². The molecule has 1 rings (SSSR count). The molecule has 0 amide bonds. The molecule has 0 atom stereocenters. The molecule has 8 heteroatoms. The number of hydrogen-bond acceptors (Lipinski definition) is 4. The molecule has 0 unspecified atom stereocenters. The number of carboxylic acid groups (broad SMARTS) is 1. The van der Waals surface area contributed by atoms with E-state index in [1.807, 2.05) is 0 Å². The van der Waals surface area contributed by atoms with Crippen molar-refractivity contribution in [2.45, 2.75) is 6.92 Å². The van der Waals surface area contributed by atoms with Gasteiger partial charge in [0.15, 0.2) is 0 Å². The number of nitro benzene ring substituents is 1. The van der Waals surface area contributed by atoms with E-state index in [1.54, 1.807) is 0 Å². The molecule has 0 aliphatic rings. The Bertz CT molecular complexity index is 596. The Balaban J connectivity index is 3.27. The first-order valence-electron chi connectivity index (χ1n) is 5.05. The van der Waals surface area contributed by atoms with Crippen molar-refractivity contribution in [3.8, 4) is 0 Å². The third-order valence-corrected chi connectivity index (χ3v) is 2.18. The number of non-ortho nitro benzene ring substituents is 1. The number of hydrogen-bond donors (Lipinski definition) is 2. The fraction of sp³-hybridized carbons (Fsp3) is 0.0909. The minimum Gasteiger partial charge on any atom is -0.478 e. The van der Waals surface area contributed by atoms with E-state index in [9.17, 15) is 19.3 Å². The second kappa shape index (κ2) is 5.71. The third-order valence-electron chi connectivity index (χ3n) is 2.18. The highest BCUT2D eigenvalue weighted by atomic mass is 19.1. The van der Waals surface area contributed by atoms with E-state index in [-0.39, 0.29) is 11.3 Å². The highest BCUT2D eigenvalue weighted by Crippen LogP contribution is 2.24. The van der Waals surface area contributed by atoms with Gasteiger partial charge in [0.05, 0.1) is 10.5 Å². The Kier molecular flexibility index (Phi) is 4.30. The Morgan fingerprint density at radius 2 is 2.21 bits per heavy atom. The van der Waals surface area contributed by atoms with E-state index in [0.29, 0.717) is 0 Å². The quantitative estimate of drug-likeness (QED) is 0.283. The van der Waals surface area contributed by atoms with Gasteiger partial charge in [0, 0.05) is 12.1 Å². The molecule has 3 N–H and O–H groups in total. The van der Waals surface area contributed by atoms with Gasteiger partial charge in [-0.05, 0) is 13.0 Å². The second-order valence-electron chi connectivity index (χ2n) is 3.40. The summed E-state index contributed by atoms with van der Waals surface area (Å²) in [6.07, 6.45) is 1.19. The van der Waals surface area contributed by atoms with Crippen molar-refractivity contribution in [1.29, 1.82) is 0 Å². The molecule has 0 spiro atoms. The van der Waals surface area contributed by atoms with Gasteiger partial charge in [0.25, 0.3) is 5.69 Å². The lowest BCUT2D eigenvalue weighted by molar-refractivity contribution is -0.384. The molecule has 0 saturated carbocycles. The maximum absolute atomic E-state index is 13.4. The number of allylic oxidation sites excluding steroid dienone is 1. The molecule has 0 aromatic heterocycles. The monoisotopic (exact) mass is 267 g/mol. The van der Waals surface area contributed by atoms with Gasteiger partial charge in [0.2, 0.25) is 0 Å². The number of nitro groups is 1. The first-order chi connectivity index (χ1) is 8.86. The van der Waals surface area contributed by atoms with Gasteiger partial charge in [-0.15, -0.1) is 0 Å². The number of rotatable bonds is 4. The standard InChI is InChI=1S/C11H10FN3O4/c1-2-7(11(16)17)10(13)14-9-5-6(15(18)19)3-4-8(9)12/h2-5H,1H3,(H2,13,14)(H,16,17)/b7-2+. The Hall–Kier alpha value is -2.77. The Labute approximate surface area is 107 Å². The van der Waals surface area contributed by atoms with Crippen LogP contribution in [0.1, 0.15) is 6.92 Å². The maximum atomic E-state index is 13.4. The van der Waals surface area contributed by atoms with Crippen LogP contribution in [-0.2, 0) is 4.79 Å². The van der Waals surface area contributed by atoms with Crippen LogP contribution in [0.4, 0.5) is 15.8 Å². The van der Waals surface area contributed by atoms with Crippen LogP contribution in [0.5, 0.6) is 0 Å². The van der Waals surface area contributed by atoms with Crippen LogP contribution < -0.4 is 5.73 Å². The molecule has 100 valence electrons. The van der Waals surface area contributed by atoms with Gasteiger partial charge in [-0.25, -0.2) is 14.2 Å². The van der Waals surface area contributed by atoms with Gasteiger partial charge < -0.3 is 10.8 Å². The predicted molar refractivity (Wildman–Crippen MR) is 65.7 cm³/mol. The van der Waals surface area contributed by atoms with Gasteiger partial charge in [-0.2, -0.15) is 0 Å². The van der Waals surface area contributed by atoms with Crippen LogP contribution >= 0.6 is 0 Å². The van der Waals surface area contributed by atoms with E-state index in [2.05, 4.69) is 4.99 Å². The fourth-order valence-electron chi connectivity index (χ4n) is 1.27. The topological polar surface area (TPSA) is 119 Å². The molecular formula is C11H10FN3O4. The number of halogens is 1. The first kappa shape index (κ1) is 14.3. The zero-order chi connectivity index (χ0) is 14.6. The third kappa shape index (κ3) is 3.35. The molecule has 1 aromatic carbocycles. The van der Waals surface area contributed by atoms with E-state index in [1.165, 1.54) is 13.0 Å². The summed E-state index contributed by atoms with van der Waals surface area (Å²) in [6.45, 7) is 1.43. The van der Waals surface area contributed by atoms with Crippen molar-refractivity contribution in [2.75, 3.05) is 0 Å². The van der Waals surface area contributed by atoms with Gasteiger partial charge in [-0.3, -0.25) is 10.1 Å². The normalized spacial score (nSPS) is 12.3. The molecule has 7 nitrogen and oxygen atoms in total. The lowest BCUT2D eigenvalue weighted by atomic mass is 10.2. The van der Waals surface area contributed by atoms with Crippen molar-refractivity contribution in [3.05, 3.63) is 45.8 Å². The minimum atomic E-state index is -1.32. The van der Waals surface area contributed by atoms with Crippen LogP contribution in [0.2, 0.25) is 0 Å². The highest BCUT2D eigenvalue weighted by Gasteiger charge is 2.14. The number of aliphatic imine (C=N–C) groups is 1. The number of nitrogens with two attached hydrogens (primary N) is 1. The summed E-state index contributed by atoms with van der Waals surface area (Å²) < 4.78 is 13.4. The summed E-state index contributed by atoms with van der Waals surface area (Å²) in [6, 6.07) is 2.70. The van der Waals surface area contributed by atoms with E-state index < -0.39 is 28.2 Å². The van der Waals surface area contributed by atoms with E-state index in [4.69, 9.17) is 10.8 Å². The SMILES string of the molecule is C/C=C(/C(=O)O)C(N)=Nc1cc([N+](=O)[O-])ccc1F. The molecule has 0 heterocycles. The lowest BCUT2D eigenvalue weighted by Crippen LogP contribution is -2.20. The summed E-state index contributed by atoms with van der Waals surface area (Å²) in [5, 5.41) is 19.3. The Morgan fingerprint density at radius 3 is 2.68 bits per heavy atom. The number of aliphatic carboxylic acids is 1. The molecule has 0 saturated heterocycles. The zero-order valence-electron chi connectivity index (χ0n) is 9.83. The molecule has 0 aliphatic heterocycles. The largest absolute Gasteiger partial charge is 0.478 e. The molecule has 0 aliphatic carbocycles. The molecule has 0 fully saturated rings. The summed E-state index contributed by atoms with van der Waals surface area (Å²) in [5.41, 5.74) is 4.34. The van der Waals surface area contributed by atoms with Crippen LogP contribution in [0.3, 0.4) is 0 Å². The number of carboxylic acids is 1. The average Bonchev–Trinajstić information content (AvgIpc) is 2.31. The second-order valence-corrected chi connectivity index (χ2v) is 3.40. The van der Waals surface area contributed by atoms with Crippen molar-refractivity contribution in [2.24, 2.45) is 10.7 Å². The summed E-state index contributed by atoms with van der Waals surface area (Å²) in [4.78, 5) is 24.2. The van der Waals surface area contributed by atoms with Crippen LogP contribution in [0.25, 0.3) is 0 Å². The molecular weight excluding hydrogens is 257 g/mol. The lowest BCUT2D eigenvalue weighted by Gasteiger charge is -2.02. The number of benzene rings is 1. The highest BCUT2D eigenvalue weighted by molar-refractivity contribution is 6.18. The molecule has 0 radical (unpaired) electrons.